The standard InChI is InChI=1S/C48H30N2S/c1-2-13-31(14-3-1)34-15-4-8-21-42(34)50-44-23-10-6-17-37(44)41-29-45-40(30-46(41)50)36-16-5-9-22-43(36)49(45)33-27-25-32(26-28-33)35-19-12-20-39-38-18-7-11-24-47(38)51-48(35)39/h1-30H. The number of para-hydroxylation sites is 3. The average Bonchev–Trinajstić information content (AvgIpc) is 3.85. The minimum Gasteiger partial charge on any atom is -0.309 e. The second-order valence-electron chi connectivity index (χ2n) is 13.3. The van der Waals surface area contributed by atoms with Crippen molar-refractivity contribution in [1.29, 1.82) is 0 Å². The molecule has 0 N–H and O–H groups in total. The highest BCUT2D eigenvalue weighted by Crippen LogP contribution is 2.43. The molecule has 3 heterocycles. The van der Waals surface area contributed by atoms with E-state index in [4.69, 9.17) is 0 Å². The van der Waals surface area contributed by atoms with Crippen LogP contribution >= 0.6 is 11.3 Å². The zero-order chi connectivity index (χ0) is 33.5. The van der Waals surface area contributed by atoms with Gasteiger partial charge in [-0.2, -0.15) is 0 Å². The molecule has 0 aliphatic carbocycles. The first-order valence-corrected chi connectivity index (χ1v) is 18.3. The summed E-state index contributed by atoms with van der Waals surface area (Å²) in [5, 5.41) is 7.66. The summed E-state index contributed by atoms with van der Waals surface area (Å²) in [6.07, 6.45) is 0. The smallest absolute Gasteiger partial charge is 0.0549 e. The van der Waals surface area contributed by atoms with Crippen LogP contribution in [0.1, 0.15) is 0 Å². The predicted octanol–water partition coefficient (Wildman–Crippen LogP) is 13.6. The molecular formula is C48H30N2S. The number of hydrogen-bond acceptors (Lipinski definition) is 1. The largest absolute Gasteiger partial charge is 0.309 e. The lowest BCUT2D eigenvalue weighted by Gasteiger charge is -2.14. The van der Waals surface area contributed by atoms with Gasteiger partial charge in [0.15, 0.2) is 0 Å². The summed E-state index contributed by atoms with van der Waals surface area (Å²) < 4.78 is 7.58. The molecule has 0 radical (unpaired) electrons. The van der Waals surface area contributed by atoms with E-state index in [1.54, 1.807) is 0 Å². The van der Waals surface area contributed by atoms with Crippen molar-refractivity contribution < 1.29 is 0 Å². The van der Waals surface area contributed by atoms with E-state index < -0.39 is 0 Å². The molecule has 238 valence electrons. The van der Waals surface area contributed by atoms with Crippen LogP contribution in [-0.4, -0.2) is 9.13 Å². The molecule has 0 atom stereocenters. The molecule has 11 rings (SSSR count). The van der Waals surface area contributed by atoms with Gasteiger partial charge in [0.2, 0.25) is 0 Å². The molecule has 0 amide bonds. The first kappa shape index (κ1) is 28.4. The van der Waals surface area contributed by atoms with E-state index >= 15 is 0 Å². The van der Waals surface area contributed by atoms with Crippen molar-refractivity contribution in [3.8, 4) is 33.6 Å². The van der Waals surface area contributed by atoms with Crippen LogP contribution in [0.5, 0.6) is 0 Å². The Morgan fingerprint density at radius 1 is 0.333 bits per heavy atom. The zero-order valence-electron chi connectivity index (χ0n) is 27.6. The van der Waals surface area contributed by atoms with E-state index in [9.17, 15) is 0 Å². The van der Waals surface area contributed by atoms with E-state index in [1.807, 2.05) is 11.3 Å². The first-order valence-electron chi connectivity index (χ1n) is 17.4. The van der Waals surface area contributed by atoms with Gasteiger partial charge in [-0.3, -0.25) is 0 Å². The van der Waals surface area contributed by atoms with E-state index in [-0.39, 0.29) is 0 Å². The van der Waals surface area contributed by atoms with Crippen molar-refractivity contribution in [2.45, 2.75) is 0 Å². The highest BCUT2D eigenvalue weighted by atomic mass is 32.1. The molecular weight excluding hydrogens is 637 g/mol. The first-order chi connectivity index (χ1) is 25.3. The Bertz CT molecular complexity index is 3120. The average molecular weight is 667 g/mol. The Balaban J connectivity index is 1.14. The normalized spacial score (nSPS) is 11.9. The third-order valence-corrected chi connectivity index (χ3v) is 11.8. The maximum Gasteiger partial charge on any atom is 0.0549 e. The molecule has 8 aromatic carbocycles. The highest BCUT2D eigenvalue weighted by molar-refractivity contribution is 7.26. The SMILES string of the molecule is c1ccc(-c2ccccc2-n2c3ccccc3c3cc4c(cc32)c2ccccc2n4-c2ccc(-c3cccc4c3sc3ccccc34)cc2)cc1. The van der Waals surface area contributed by atoms with E-state index in [0.29, 0.717) is 0 Å². The van der Waals surface area contributed by atoms with E-state index in [1.165, 1.54) is 91.7 Å². The number of rotatable bonds is 4. The van der Waals surface area contributed by atoms with Gasteiger partial charge < -0.3 is 9.13 Å². The van der Waals surface area contributed by atoms with Crippen molar-refractivity contribution in [2.75, 3.05) is 0 Å². The van der Waals surface area contributed by atoms with E-state index in [2.05, 4.69) is 191 Å². The molecule has 11 aromatic rings. The molecule has 2 nitrogen and oxygen atoms in total. The number of fused-ring (bicyclic) bond motifs is 9. The second-order valence-corrected chi connectivity index (χ2v) is 14.4. The van der Waals surface area contributed by atoms with Crippen LogP contribution in [0.15, 0.2) is 182 Å². The molecule has 0 aliphatic heterocycles. The highest BCUT2D eigenvalue weighted by Gasteiger charge is 2.20. The predicted molar refractivity (Wildman–Crippen MR) is 219 cm³/mol. The Morgan fingerprint density at radius 3 is 1.65 bits per heavy atom. The summed E-state index contributed by atoms with van der Waals surface area (Å²) >= 11 is 1.88. The Kier molecular flexibility index (Phi) is 6.16. The van der Waals surface area contributed by atoms with Crippen LogP contribution < -0.4 is 0 Å². The topological polar surface area (TPSA) is 9.86 Å². The third kappa shape index (κ3) is 4.22. The number of thiophene rings is 1. The zero-order valence-corrected chi connectivity index (χ0v) is 28.4. The van der Waals surface area contributed by atoms with Crippen LogP contribution in [0.2, 0.25) is 0 Å². The summed E-state index contributed by atoms with van der Waals surface area (Å²) in [5.41, 5.74) is 12.1. The fourth-order valence-electron chi connectivity index (χ4n) is 8.26. The van der Waals surface area contributed by atoms with Crippen LogP contribution in [0, 0.1) is 0 Å². The molecule has 0 fully saturated rings. The summed E-state index contributed by atoms with van der Waals surface area (Å²) in [5.74, 6) is 0. The Labute approximate surface area is 298 Å². The summed E-state index contributed by atoms with van der Waals surface area (Å²) in [7, 11) is 0. The molecule has 0 spiro atoms. The summed E-state index contributed by atoms with van der Waals surface area (Å²) in [6.45, 7) is 0. The molecule has 0 saturated carbocycles. The van der Waals surface area contributed by atoms with Crippen molar-refractivity contribution >= 4 is 75.1 Å². The van der Waals surface area contributed by atoms with Crippen LogP contribution in [0.3, 0.4) is 0 Å². The van der Waals surface area contributed by atoms with Gasteiger partial charge in [-0.25, -0.2) is 0 Å². The lowest BCUT2D eigenvalue weighted by Crippen LogP contribution is -1.97. The van der Waals surface area contributed by atoms with Crippen molar-refractivity contribution in [3.05, 3.63) is 182 Å². The fraction of sp³-hybridized carbons (Fsp3) is 0. The van der Waals surface area contributed by atoms with Gasteiger partial charge in [0.05, 0.1) is 27.8 Å². The number of benzene rings is 8. The minimum atomic E-state index is 1.16. The van der Waals surface area contributed by atoms with Crippen molar-refractivity contribution in [2.24, 2.45) is 0 Å². The van der Waals surface area contributed by atoms with Crippen LogP contribution in [-0.2, 0) is 0 Å². The lowest BCUT2D eigenvalue weighted by molar-refractivity contribution is 1.18. The van der Waals surface area contributed by atoms with Crippen molar-refractivity contribution in [1.82, 2.24) is 9.13 Å². The molecule has 0 bridgehead atoms. The maximum absolute atomic E-state index is 2.46. The number of aromatic nitrogens is 2. The lowest BCUT2D eigenvalue weighted by atomic mass is 10.0. The van der Waals surface area contributed by atoms with Crippen molar-refractivity contribution in [3.63, 3.8) is 0 Å². The van der Waals surface area contributed by atoms with Gasteiger partial charge in [0.25, 0.3) is 0 Å². The van der Waals surface area contributed by atoms with Gasteiger partial charge in [-0.05, 0) is 65.2 Å². The van der Waals surface area contributed by atoms with Gasteiger partial charge in [-0.1, -0.05) is 133 Å². The molecule has 0 saturated heterocycles. The van der Waals surface area contributed by atoms with E-state index in [0.717, 1.165) is 5.69 Å². The molecule has 3 heteroatoms. The quantitative estimate of drug-likeness (QED) is 0.177. The third-order valence-electron chi connectivity index (χ3n) is 10.5. The van der Waals surface area contributed by atoms with Gasteiger partial charge >= 0.3 is 0 Å². The van der Waals surface area contributed by atoms with Crippen LogP contribution in [0.25, 0.3) is 97.4 Å². The molecule has 0 aliphatic rings. The van der Waals surface area contributed by atoms with Gasteiger partial charge in [0, 0.05) is 53.0 Å². The summed E-state index contributed by atoms with van der Waals surface area (Å²) in [4.78, 5) is 0. The molecule has 51 heavy (non-hydrogen) atoms. The Morgan fingerprint density at radius 2 is 0.882 bits per heavy atom. The number of hydrogen-bond donors (Lipinski definition) is 0. The number of nitrogens with zero attached hydrogens (tertiary/aromatic N) is 2. The summed E-state index contributed by atoms with van der Waals surface area (Å²) in [6, 6.07) is 66.6. The fourth-order valence-corrected chi connectivity index (χ4v) is 9.50. The molecule has 0 unspecified atom stereocenters. The Hall–Kier alpha value is -6.42. The van der Waals surface area contributed by atoms with Crippen LogP contribution in [0.4, 0.5) is 0 Å². The maximum atomic E-state index is 2.46. The second kappa shape index (κ2) is 11.0. The minimum absolute atomic E-state index is 1.16. The van der Waals surface area contributed by atoms with Gasteiger partial charge in [0.1, 0.15) is 0 Å². The monoisotopic (exact) mass is 666 g/mol. The molecule has 3 aromatic heterocycles. The van der Waals surface area contributed by atoms with Gasteiger partial charge in [-0.15, -0.1) is 11.3 Å².